The van der Waals surface area contributed by atoms with Crippen LogP contribution >= 0.6 is 0 Å². The van der Waals surface area contributed by atoms with Gasteiger partial charge in [0.05, 0.1) is 13.2 Å². The number of carbonyl (C=O) groups is 1. The monoisotopic (exact) mass is 264 g/mol. The molecule has 1 aromatic carbocycles. The predicted octanol–water partition coefficient (Wildman–Crippen LogP) is 4.35. The van der Waals surface area contributed by atoms with Gasteiger partial charge in [0.25, 0.3) is 0 Å². The molecular weight excluding hydrogens is 240 g/mol. The van der Waals surface area contributed by atoms with E-state index in [4.69, 9.17) is 9.47 Å². The van der Waals surface area contributed by atoms with Crippen LogP contribution in [-0.4, -0.2) is 19.4 Å². The number of rotatable bonds is 9. The van der Waals surface area contributed by atoms with Crippen molar-refractivity contribution in [3.63, 3.8) is 0 Å². The van der Waals surface area contributed by atoms with E-state index in [2.05, 4.69) is 19.1 Å². The predicted molar refractivity (Wildman–Crippen MR) is 76.2 cm³/mol. The Kier molecular flexibility index (Phi) is 8.52. The fourth-order valence-electron chi connectivity index (χ4n) is 1.80. The topological polar surface area (TPSA) is 35.5 Å². The first-order valence-electron chi connectivity index (χ1n) is 7.16. The van der Waals surface area contributed by atoms with Gasteiger partial charge in [0.1, 0.15) is 0 Å². The van der Waals surface area contributed by atoms with E-state index in [1.165, 1.54) is 18.4 Å². The highest BCUT2D eigenvalue weighted by molar-refractivity contribution is 5.59. The van der Waals surface area contributed by atoms with Gasteiger partial charge in [-0.1, -0.05) is 56.5 Å². The number of ether oxygens (including phenoxy) is 2. The molecule has 0 atom stereocenters. The Bertz CT molecular complexity index is 335. The number of carbonyl (C=O) groups excluding carboxylic acids is 1. The van der Waals surface area contributed by atoms with Crippen molar-refractivity contribution in [1.29, 1.82) is 0 Å². The standard InChI is InChI=1S/C16H24O3/c1-2-3-4-8-13-18-16(17)19-14-9-12-15-10-6-5-7-11-15/h5-7,10-11H,2-4,8-9,12-14H2,1H3. The molecule has 0 aliphatic carbocycles. The molecule has 0 saturated heterocycles. The quantitative estimate of drug-likeness (QED) is 0.491. The van der Waals surface area contributed by atoms with E-state index >= 15 is 0 Å². The van der Waals surface area contributed by atoms with Crippen molar-refractivity contribution < 1.29 is 14.3 Å². The molecule has 0 fully saturated rings. The molecule has 0 aliphatic rings. The summed E-state index contributed by atoms with van der Waals surface area (Å²) in [6.07, 6.45) is 5.62. The maximum absolute atomic E-state index is 11.2. The fourth-order valence-corrected chi connectivity index (χ4v) is 1.80. The normalized spacial score (nSPS) is 10.2. The summed E-state index contributed by atoms with van der Waals surface area (Å²) in [5, 5.41) is 0. The van der Waals surface area contributed by atoms with E-state index in [0.717, 1.165) is 25.7 Å². The lowest BCUT2D eigenvalue weighted by Gasteiger charge is -2.06. The van der Waals surface area contributed by atoms with Crippen LogP contribution in [0.15, 0.2) is 30.3 Å². The molecule has 0 N–H and O–H groups in total. The zero-order chi connectivity index (χ0) is 13.8. The van der Waals surface area contributed by atoms with Crippen molar-refractivity contribution in [1.82, 2.24) is 0 Å². The first kappa shape index (κ1) is 15.5. The van der Waals surface area contributed by atoms with Crippen molar-refractivity contribution in [2.45, 2.75) is 45.4 Å². The number of benzene rings is 1. The Labute approximate surface area is 115 Å². The van der Waals surface area contributed by atoms with Gasteiger partial charge in [-0.3, -0.25) is 0 Å². The van der Waals surface area contributed by atoms with E-state index in [1.807, 2.05) is 18.2 Å². The second kappa shape index (κ2) is 10.4. The summed E-state index contributed by atoms with van der Waals surface area (Å²) in [5.74, 6) is 0. The Morgan fingerprint density at radius 1 is 0.947 bits per heavy atom. The molecule has 0 aliphatic heterocycles. The third kappa shape index (κ3) is 8.25. The number of hydrogen-bond donors (Lipinski definition) is 0. The molecule has 0 heterocycles. The van der Waals surface area contributed by atoms with E-state index < -0.39 is 6.16 Å². The molecule has 0 unspecified atom stereocenters. The first-order chi connectivity index (χ1) is 9.33. The van der Waals surface area contributed by atoms with Gasteiger partial charge in [-0.2, -0.15) is 0 Å². The van der Waals surface area contributed by atoms with Crippen LogP contribution < -0.4 is 0 Å². The minimum absolute atomic E-state index is 0.419. The molecular formula is C16H24O3. The minimum Gasteiger partial charge on any atom is -0.434 e. The highest BCUT2D eigenvalue weighted by atomic mass is 16.7. The first-order valence-corrected chi connectivity index (χ1v) is 7.16. The van der Waals surface area contributed by atoms with Crippen LogP contribution in [-0.2, 0) is 15.9 Å². The summed E-state index contributed by atoms with van der Waals surface area (Å²) in [6.45, 7) is 3.04. The van der Waals surface area contributed by atoms with Crippen LogP contribution in [0.2, 0.25) is 0 Å². The summed E-state index contributed by atoms with van der Waals surface area (Å²) in [6, 6.07) is 10.2. The lowest BCUT2D eigenvalue weighted by Crippen LogP contribution is -2.10. The highest BCUT2D eigenvalue weighted by Gasteiger charge is 2.03. The van der Waals surface area contributed by atoms with Crippen molar-refractivity contribution in [2.75, 3.05) is 13.2 Å². The molecule has 0 bridgehead atoms. The third-order valence-corrected chi connectivity index (χ3v) is 2.89. The maximum atomic E-state index is 11.2. The summed E-state index contributed by atoms with van der Waals surface area (Å²) in [7, 11) is 0. The van der Waals surface area contributed by atoms with Crippen molar-refractivity contribution >= 4 is 6.16 Å². The average Bonchev–Trinajstić information content (AvgIpc) is 2.44. The molecule has 0 radical (unpaired) electrons. The van der Waals surface area contributed by atoms with Crippen molar-refractivity contribution in [2.24, 2.45) is 0 Å². The van der Waals surface area contributed by atoms with E-state index in [0.29, 0.717) is 13.2 Å². The number of aryl methyl sites for hydroxylation is 1. The maximum Gasteiger partial charge on any atom is 0.508 e. The summed E-state index contributed by atoms with van der Waals surface area (Å²) >= 11 is 0. The summed E-state index contributed by atoms with van der Waals surface area (Å²) in [5.41, 5.74) is 1.26. The zero-order valence-corrected chi connectivity index (χ0v) is 11.8. The SMILES string of the molecule is CCCCCCOC(=O)OCCCc1ccccc1. The minimum atomic E-state index is -0.537. The van der Waals surface area contributed by atoms with Gasteiger partial charge in [-0.15, -0.1) is 0 Å². The Hall–Kier alpha value is -1.51. The molecule has 0 amide bonds. The second-order valence-electron chi connectivity index (χ2n) is 4.60. The molecule has 19 heavy (non-hydrogen) atoms. The molecule has 0 spiro atoms. The second-order valence-corrected chi connectivity index (χ2v) is 4.60. The summed E-state index contributed by atoms with van der Waals surface area (Å²) < 4.78 is 9.99. The third-order valence-electron chi connectivity index (χ3n) is 2.89. The van der Waals surface area contributed by atoms with Gasteiger partial charge in [0.15, 0.2) is 0 Å². The van der Waals surface area contributed by atoms with Crippen LogP contribution in [0.25, 0.3) is 0 Å². The van der Waals surface area contributed by atoms with Crippen LogP contribution in [0.1, 0.15) is 44.6 Å². The Morgan fingerprint density at radius 3 is 2.32 bits per heavy atom. The van der Waals surface area contributed by atoms with Crippen LogP contribution in [0.3, 0.4) is 0 Å². The molecule has 1 rings (SSSR count). The molecule has 0 aromatic heterocycles. The van der Waals surface area contributed by atoms with Crippen LogP contribution in [0.5, 0.6) is 0 Å². The van der Waals surface area contributed by atoms with Gasteiger partial charge in [0, 0.05) is 0 Å². The fraction of sp³-hybridized carbons (Fsp3) is 0.562. The van der Waals surface area contributed by atoms with E-state index in [9.17, 15) is 4.79 Å². The lowest BCUT2D eigenvalue weighted by atomic mass is 10.1. The molecule has 106 valence electrons. The van der Waals surface area contributed by atoms with Crippen molar-refractivity contribution in [3.8, 4) is 0 Å². The van der Waals surface area contributed by atoms with Crippen molar-refractivity contribution in [3.05, 3.63) is 35.9 Å². The average molecular weight is 264 g/mol. The van der Waals surface area contributed by atoms with Gasteiger partial charge in [-0.25, -0.2) is 4.79 Å². The van der Waals surface area contributed by atoms with Crippen LogP contribution in [0, 0.1) is 0 Å². The van der Waals surface area contributed by atoms with Gasteiger partial charge >= 0.3 is 6.16 Å². The summed E-state index contributed by atoms with van der Waals surface area (Å²) in [4.78, 5) is 11.2. The van der Waals surface area contributed by atoms with E-state index in [-0.39, 0.29) is 0 Å². The number of hydrogen-bond acceptors (Lipinski definition) is 3. The highest BCUT2D eigenvalue weighted by Crippen LogP contribution is 2.03. The zero-order valence-electron chi connectivity index (χ0n) is 11.8. The lowest BCUT2D eigenvalue weighted by molar-refractivity contribution is 0.0534. The molecule has 1 aromatic rings. The number of unbranched alkanes of at least 4 members (excludes halogenated alkanes) is 3. The van der Waals surface area contributed by atoms with Crippen LogP contribution in [0.4, 0.5) is 4.79 Å². The Morgan fingerprint density at radius 2 is 1.63 bits per heavy atom. The van der Waals surface area contributed by atoms with Gasteiger partial charge in [0.2, 0.25) is 0 Å². The largest absolute Gasteiger partial charge is 0.508 e. The van der Waals surface area contributed by atoms with Gasteiger partial charge < -0.3 is 9.47 Å². The molecule has 3 heteroatoms. The van der Waals surface area contributed by atoms with E-state index in [1.54, 1.807) is 0 Å². The molecule has 0 saturated carbocycles. The smallest absolute Gasteiger partial charge is 0.434 e. The van der Waals surface area contributed by atoms with Gasteiger partial charge in [-0.05, 0) is 24.8 Å². The molecule has 3 nitrogen and oxygen atoms in total. The Balaban J connectivity index is 1.95.